The van der Waals surface area contributed by atoms with Crippen LogP contribution in [0.2, 0.25) is 0 Å². The van der Waals surface area contributed by atoms with Gasteiger partial charge in [0.25, 0.3) is 15.9 Å². The zero-order chi connectivity index (χ0) is 23.4. The highest BCUT2D eigenvalue weighted by Gasteiger charge is 2.16. The lowest BCUT2D eigenvalue weighted by Crippen LogP contribution is -2.13. The van der Waals surface area contributed by atoms with Gasteiger partial charge < -0.3 is 14.5 Å². The van der Waals surface area contributed by atoms with Gasteiger partial charge in [0.15, 0.2) is 10.9 Å². The fourth-order valence-corrected chi connectivity index (χ4v) is 4.68. The molecule has 2 aromatic carbocycles. The van der Waals surface area contributed by atoms with E-state index < -0.39 is 15.9 Å². The molecule has 170 valence electrons. The average molecular weight is 484 g/mol. The van der Waals surface area contributed by atoms with Crippen LogP contribution in [0.5, 0.6) is 5.75 Å². The summed E-state index contributed by atoms with van der Waals surface area (Å²) >= 11 is 1.18. The third-order valence-electron chi connectivity index (χ3n) is 4.82. The number of thiazole rings is 1. The van der Waals surface area contributed by atoms with E-state index in [9.17, 15) is 13.2 Å². The van der Waals surface area contributed by atoms with Gasteiger partial charge in [-0.05, 0) is 73.5 Å². The van der Waals surface area contributed by atoms with Gasteiger partial charge in [0, 0.05) is 17.3 Å². The summed E-state index contributed by atoms with van der Waals surface area (Å²) in [5.41, 5.74) is 2.74. The third kappa shape index (κ3) is 5.60. The Balaban J connectivity index is 1.35. The number of anilines is 2. The van der Waals surface area contributed by atoms with Crippen molar-refractivity contribution in [1.29, 1.82) is 0 Å². The molecule has 2 heterocycles. The molecule has 0 bridgehead atoms. The van der Waals surface area contributed by atoms with Crippen LogP contribution in [0.3, 0.4) is 0 Å². The minimum absolute atomic E-state index is 0.0551. The number of nitrogens with zero attached hydrogens (tertiary/aromatic N) is 1. The number of benzene rings is 2. The number of hydrogen-bond donors (Lipinski definition) is 2. The Labute approximate surface area is 195 Å². The molecule has 2 N–H and O–H groups in total. The van der Waals surface area contributed by atoms with Gasteiger partial charge in [-0.15, -0.1) is 11.3 Å². The van der Waals surface area contributed by atoms with Crippen LogP contribution in [0, 0.1) is 13.8 Å². The van der Waals surface area contributed by atoms with Crippen molar-refractivity contribution >= 4 is 38.1 Å². The fourth-order valence-electron chi connectivity index (χ4n) is 2.89. The number of rotatable bonds is 8. The molecule has 33 heavy (non-hydrogen) atoms. The maximum atomic E-state index is 12.5. The molecule has 0 aliphatic heterocycles. The zero-order valence-corrected chi connectivity index (χ0v) is 19.5. The molecule has 0 aliphatic carbocycles. The predicted octanol–water partition coefficient (Wildman–Crippen LogP) is 4.99. The Morgan fingerprint density at radius 2 is 1.85 bits per heavy atom. The molecule has 0 aliphatic rings. The number of aryl methyl sites for hydroxylation is 2. The molecule has 0 radical (unpaired) electrons. The lowest BCUT2D eigenvalue weighted by atomic mass is 10.1. The number of furan rings is 1. The van der Waals surface area contributed by atoms with Crippen LogP contribution in [0.4, 0.5) is 10.8 Å². The molecule has 0 saturated heterocycles. The first-order chi connectivity index (χ1) is 15.8. The zero-order valence-electron chi connectivity index (χ0n) is 17.9. The monoisotopic (exact) mass is 483 g/mol. The van der Waals surface area contributed by atoms with E-state index in [4.69, 9.17) is 9.15 Å². The highest BCUT2D eigenvalue weighted by Crippen LogP contribution is 2.21. The average Bonchev–Trinajstić information content (AvgIpc) is 3.47. The number of nitrogens with one attached hydrogen (secondary N) is 2. The van der Waals surface area contributed by atoms with Crippen LogP contribution in [-0.4, -0.2) is 19.3 Å². The molecule has 0 unspecified atom stereocenters. The van der Waals surface area contributed by atoms with E-state index >= 15 is 0 Å². The SMILES string of the molecule is Cc1ccc(OCc2ccc(C(=O)Nc3ccc(S(=O)(=O)Nc4nccs4)cc3)o2)cc1C. The normalized spacial score (nSPS) is 11.2. The number of amides is 1. The van der Waals surface area contributed by atoms with Crippen molar-refractivity contribution in [3.8, 4) is 5.75 Å². The number of carbonyl (C=O) groups is 1. The highest BCUT2D eigenvalue weighted by atomic mass is 32.2. The lowest BCUT2D eigenvalue weighted by molar-refractivity contribution is 0.0992. The second-order valence-electron chi connectivity index (χ2n) is 7.22. The van der Waals surface area contributed by atoms with Crippen molar-refractivity contribution in [3.05, 3.63) is 88.8 Å². The molecule has 8 nitrogen and oxygen atoms in total. The molecule has 4 aromatic rings. The number of sulfonamides is 1. The standard InChI is InChI=1S/C23H21N3O5S2/c1-15-3-6-18(13-16(15)2)30-14-19-7-10-21(31-19)22(27)25-17-4-8-20(9-5-17)33(28,29)26-23-24-11-12-32-23/h3-13H,14H2,1-2H3,(H,24,26)(H,25,27). The molecule has 0 atom stereocenters. The fraction of sp³-hybridized carbons (Fsp3) is 0.130. The topological polar surface area (TPSA) is 111 Å². The van der Waals surface area contributed by atoms with Crippen LogP contribution in [0.25, 0.3) is 0 Å². The second kappa shape index (κ2) is 9.47. The number of carbonyl (C=O) groups excluding carboxylic acids is 1. The van der Waals surface area contributed by atoms with Gasteiger partial charge in [0.1, 0.15) is 18.1 Å². The Kier molecular flexibility index (Phi) is 6.47. The third-order valence-corrected chi connectivity index (χ3v) is 6.99. The van der Waals surface area contributed by atoms with Crippen LogP contribution in [0.1, 0.15) is 27.4 Å². The smallest absolute Gasteiger partial charge is 0.291 e. The minimum atomic E-state index is -3.76. The van der Waals surface area contributed by atoms with E-state index in [2.05, 4.69) is 15.0 Å². The van der Waals surface area contributed by atoms with Gasteiger partial charge in [0.05, 0.1) is 4.90 Å². The Hall–Kier alpha value is -3.63. The molecule has 0 fully saturated rings. The molecule has 10 heteroatoms. The van der Waals surface area contributed by atoms with Crippen LogP contribution in [-0.2, 0) is 16.6 Å². The van der Waals surface area contributed by atoms with E-state index in [1.54, 1.807) is 17.5 Å². The first-order valence-electron chi connectivity index (χ1n) is 9.93. The summed E-state index contributed by atoms with van der Waals surface area (Å²) in [6.07, 6.45) is 1.51. The summed E-state index contributed by atoms with van der Waals surface area (Å²) in [6, 6.07) is 14.9. The molecule has 0 spiro atoms. The van der Waals surface area contributed by atoms with Crippen molar-refractivity contribution in [2.24, 2.45) is 0 Å². The Morgan fingerprint density at radius 3 is 2.55 bits per heavy atom. The maximum Gasteiger partial charge on any atom is 0.291 e. The minimum Gasteiger partial charge on any atom is -0.486 e. The van der Waals surface area contributed by atoms with E-state index in [0.717, 1.165) is 11.3 Å². The first kappa shape index (κ1) is 22.6. The maximum absolute atomic E-state index is 12.5. The van der Waals surface area contributed by atoms with Gasteiger partial charge >= 0.3 is 0 Å². The van der Waals surface area contributed by atoms with Crippen molar-refractivity contribution < 1.29 is 22.4 Å². The van der Waals surface area contributed by atoms with E-state index in [-0.39, 0.29) is 22.4 Å². The summed E-state index contributed by atoms with van der Waals surface area (Å²) in [4.78, 5) is 16.5. The van der Waals surface area contributed by atoms with Gasteiger partial charge in [-0.1, -0.05) is 6.07 Å². The predicted molar refractivity (Wildman–Crippen MR) is 126 cm³/mol. The van der Waals surface area contributed by atoms with Crippen molar-refractivity contribution in [2.45, 2.75) is 25.3 Å². The van der Waals surface area contributed by atoms with Crippen molar-refractivity contribution in [3.63, 3.8) is 0 Å². The number of hydrogen-bond acceptors (Lipinski definition) is 7. The second-order valence-corrected chi connectivity index (χ2v) is 9.80. The molecular weight excluding hydrogens is 462 g/mol. The molecule has 4 rings (SSSR count). The van der Waals surface area contributed by atoms with Crippen LogP contribution >= 0.6 is 11.3 Å². The molecule has 2 aromatic heterocycles. The van der Waals surface area contributed by atoms with Crippen LogP contribution < -0.4 is 14.8 Å². The van der Waals surface area contributed by atoms with Gasteiger partial charge in [0.2, 0.25) is 0 Å². The van der Waals surface area contributed by atoms with E-state index in [1.807, 2.05) is 32.0 Å². The highest BCUT2D eigenvalue weighted by molar-refractivity contribution is 7.93. The largest absolute Gasteiger partial charge is 0.486 e. The number of ether oxygens (including phenoxy) is 1. The summed E-state index contributed by atoms with van der Waals surface area (Å²) in [6.45, 7) is 4.23. The molecule has 1 amide bonds. The number of aromatic nitrogens is 1. The van der Waals surface area contributed by atoms with Gasteiger partial charge in [-0.3, -0.25) is 9.52 Å². The lowest BCUT2D eigenvalue weighted by Gasteiger charge is -2.08. The Morgan fingerprint density at radius 1 is 1.06 bits per heavy atom. The molecular formula is C23H21N3O5S2. The molecule has 0 saturated carbocycles. The van der Waals surface area contributed by atoms with E-state index in [0.29, 0.717) is 11.4 Å². The van der Waals surface area contributed by atoms with Gasteiger partial charge in [-0.25, -0.2) is 13.4 Å². The van der Waals surface area contributed by atoms with Gasteiger partial charge in [-0.2, -0.15) is 0 Å². The summed E-state index contributed by atoms with van der Waals surface area (Å²) in [5.74, 6) is 0.896. The van der Waals surface area contributed by atoms with E-state index in [1.165, 1.54) is 47.4 Å². The first-order valence-corrected chi connectivity index (χ1v) is 12.3. The van der Waals surface area contributed by atoms with Crippen molar-refractivity contribution in [2.75, 3.05) is 10.0 Å². The summed E-state index contributed by atoms with van der Waals surface area (Å²) in [5, 5.41) is 4.64. The van der Waals surface area contributed by atoms with Crippen molar-refractivity contribution in [1.82, 2.24) is 4.98 Å². The summed E-state index contributed by atoms with van der Waals surface area (Å²) in [7, 11) is -3.76. The summed E-state index contributed by atoms with van der Waals surface area (Å²) < 4.78 is 38.5. The Bertz CT molecular complexity index is 1360. The van der Waals surface area contributed by atoms with Crippen LogP contribution in [0.15, 0.2) is 75.5 Å². The quantitative estimate of drug-likeness (QED) is 0.365.